The molecule has 0 aliphatic heterocycles. The van der Waals surface area contributed by atoms with Crippen molar-refractivity contribution in [3.8, 4) is 5.88 Å². The summed E-state index contributed by atoms with van der Waals surface area (Å²) in [4.78, 5) is 4.33. The average Bonchev–Trinajstić information content (AvgIpc) is 2.45. The Hall–Kier alpha value is -2.07. The van der Waals surface area contributed by atoms with Gasteiger partial charge in [0.05, 0.1) is 25.5 Å². The van der Waals surface area contributed by atoms with E-state index in [1.165, 1.54) is 0 Å². The number of ether oxygens (including phenoxy) is 1. The van der Waals surface area contributed by atoms with Crippen molar-refractivity contribution >= 4 is 5.69 Å². The fourth-order valence-corrected chi connectivity index (χ4v) is 1.88. The van der Waals surface area contributed by atoms with Gasteiger partial charge in [0.25, 0.3) is 0 Å². The molecule has 4 nitrogen and oxygen atoms in total. The molecule has 0 saturated heterocycles. The Labute approximate surface area is 113 Å². The predicted molar refractivity (Wildman–Crippen MR) is 75.2 cm³/mol. The molecular weight excluding hydrogens is 240 g/mol. The molecule has 1 atom stereocenters. The molecule has 0 saturated carbocycles. The summed E-state index contributed by atoms with van der Waals surface area (Å²) >= 11 is 0. The standard InChI is InChI=1S/C15H18N2O2/c1-11(18)13-7-3-4-8-14(13)16-10-12-6-5-9-15(17-12)19-2/h3-9,11,16,18H,10H2,1-2H3. The zero-order chi connectivity index (χ0) is 13.7. The molecule has 100 valence electrons. The van der Waals surface area contributed by atoms with Gasteiger partial charge in [-0.25, -0.2) is 4.98 Å². The maximum Gasteiger partial charge on any atom is 0.213 e. The highest BCUT2D eigenvalue weighted by Crippen LogP contribution is 2.22. The van der Waals surface area contributed by atoms with Crippen LogP contribution >= 0.6 is 0 Å². The minimum atomic E-state index is -0.498. The number of methoxy groups -OCH3 is 1. The molecule has 1 aromatic carbocycles. The molecule has 0 radical (unpaired) electrons. The largest absolute Gasteiger partial charge is 0.481 e. The summed E-state index contributed by atoms with van der Waals surface area (Å²) in [6.07, 6.45) is -0.498. The monoisotopic (exact) mass is 258 g/mol. The Kier molecular flexibility index (Phi) is 4.36. The summed E-state index contributed by atoms with van der Waals surface area (Å²) in [7, 11) is 1.60. The molecule has 19 heavy (non-hydrogen) atoms. The third-order valence-corrected chi connectivity index (χ3v) is 2.86. The molecular formula is C15H18N2O2. The zero-order valence-corrected chi connectivity index (χ0v) is 11.1. The van der Waals surface area contributed by atoms with Crippen LogP contribution in [0.15, 0.2) is 42.5 Å². The van der Waals surface area contributed by atoms with Gasteiger partial charge >= 0.3 is 0 Å². The lowest BCUT2D eigenvalue weighted by Gasteiger charge is -2.13. The van der Waals surface area contributed by atoms with Gasteiger partial charge in [-0.3, -0.25) is 0 Å². The number of rotatable bonds is 5. The number of hydrogen-bond donors (Lipinski definition) is 2. The minimum Gasteiger partial charge on any atom is -0.481 e. The molecule has 2 aromatic rings. The van der Waals surface area contributed by atoms with E-state index >= 15 is 0 Å². The molecule has 0 spiro atoms. The number of pyridine rings is 1. The summed E-state index contributed by atoms with van der Waals surface area (Å²) in [5, 5.41) is 13.0. The highest BCUT2D eigenvalue weighted by molar-refractivity contribution is 5.52. The molecule has 1 aromatic heterocycles. The van der Waals surface area contributed by atoms with Crippen LogP contribution in [-0.4, -0.2) is 17.2 Å². The Morgan fingerprint density at radius 3 is 2.74 bits per heavy atom. The number of para-hydroxylation sites is 1. The molecule has 0 bridgehead atoms. The van der Waals surface area contributed by atoms with Crippen molar-refractivity contribution in [2.24, 2.45) is 0 Å². The van der Waals surface area contributed by atoms with Crippen LogP contribution in [0.4, 0.5) is 5.69 Å². The third kappa shape index (κ3) is 3.45. The second kappa shape index (κ2) is 6.20. The second-order valence-corrected chi connectivity index (χ2v) is 4.29. The zero-order valence-electron chi connectivity index (χ0n) is 11.1. The molecule has 0 amide bonds. The van der Waals surface area contributed by atoms with Gasteiger partial charge < -0.3 is 15.2 Å². The van der Waals surface area contributed by atoms with Crippen molar-refractivity contribution in [2.75, 3.05) is 12.4 Å². The fourth-order valence-electron chi connectivity index (χ4n) is 1.88. The predicted octanol–water partition coefficient (Wildman–Crippen LogP) is 2.76. The van der Waals surface area contributed by atoms with Crippen molar-refractivity contribution in [1.29, 1.82) is 0 Å². The lowest BCUT2D eigenvalue weighted by atomic mass is 10.1. The van der Waals surface area contributed by atoms with Gasteiger partial charge in [0.1, 0.15) is 0 Å². The van der Waals surface area contributed by atoms with Crippen molar-refractivity contribution in [2.45, 2.75) is 19.6 Å². The van der Waals surface area contributed by atoms with Crippen molar-refractivity contribution in [1.82, 2.24) is 4.98 Å². The molecule has 0 fully saturated rings. The maximum atomic E-state index is 9.71. The van der Waals surface area contributed by atoms with Crippen LogP contribution in [0, 0.1) is 0 Å². The Balaban J connectivity index is 2.10. The summed E-state index contributed by atoms with van der Waals surface area (Å²) in [5.74, 6) is 0.600. The first-order chi connectivity index (χ1) is 9.20. The summed E-state index contributed by atoms with van der Waals surface area (Å²) in [5.41, 5.74) is 2.69. The van der Waals surface area contributed by atoms with Gasteiger partial charge in [-0.1, -0.05) is 24.3 Å². The van der Waals surface area contributed by atoms with Crippen LogP contribution in [0.3, 0.4) is 0 Å². The first-order valence-corrected chi connectivity index (χ1v) is 6.21. The lowest BCUT2D eigenvalue weighted by molar-refractivity contribution is 0.200. The molecule has 2 rings (SSSR count). The van der Waals surface area contributed by atoms with Gasteiger partial charge in [0.2, 0.25) is 5.88 Å². The summed E-state index contributed by atoms with van der Waals surface area (Å²) in [6, 6.07) is 13.4. The summed E-state index contributed by atoms with van der Waals surface area (Å²) < 4.78 is 5.09. The van der Waals surface area contributed by atoms with E-state index in [1.54, 1.807) is 14.0 Å². The number of aliphatic hydroxyl groups excluding tert-OH is 1. The number of hydrogen-bond acceptors (Lipinski definition) is 4. The average molecular weight is 258 g/mol. The maximum absolute atomic E-state index is 9.71. The van der Waals surface area contributed by atoms with Crippen molar-refractivity contribution < 1.29 is 9.84 Å². The van der Waals surface area contributed by atoms with Crippen molar-refractivity contribution in [3.63, 3.8) is 0 Å². The molecule has 1 unspecified atom stereocenters. The van der Waals surface area contributed by atoms with E-state index in [9.17, 15) is 5.11 Å². The first-order valence-electron chi connectivity index (χ1n) is 6.21. The van der Waals surface area contributed by atoms with Gasteiger partial charge in [-0.15, -0.1) is 0 Å². The highest BCUT2D eigenvalue weighted by atomic mass is 16.5. The summed E-state index contributed by atoms with van der Waals surface area (Å²) in [6.45, 7) is 2.34. The van der Waals surface area contributed by atoms with E-state index in [0.717, 1.165) is 16.9 Å². The van der Waals surface area contributed by atoms with Crippen LogP contribution in [0.2, 0.25) is 0 Å². The Bertz CT molecular complexity index is 541. The number of anilines is 1. The number of nitrogens with zero attached hydrogens (tertiary/aromatic N) is 1. The third-order valence-electron chi connectivity index (χ3n) is 2.86. The van der Waals surface area contributed by atoms with Gasteiger partial charge in [0.15, 0.2) is 0 Å². The first kappa shape index (κ1) is 13.4. The Morgan fingerprint density at radius 2 is 2.00 bits per heavy atom. The minimum absolute atomic E-state index is 0.498. The SMILES string of the molecule is COc1cccc(CNc2ccccc2C(C)O)n1. The molecule has 2 N–H and O–H groups in total. The van der Waals surface area contributed by atoms with E-state index in [0.29, 0.717) is 12.4 Å². The Morgan fingerprint density at radius 1 is 1.21 bits per heavy atom. The lowest BCUT2D eigenvalue weighted by Crippen LogP contribution is -2.05. The van der Waals surface area contributed by atoms with Crippen LogP contribution < -0.4 is 10.1 Å². The van der Waals surface area contributed by atoms with Gasteiger partial charge in [-0.05, 0) is 19.1 Å². The normalized spacial score (nSPS) is 11.9. The fraction of sp³-hybridized carbons (Fsp3) is 0.267. The van der Waals surface area contributed by atoms with E-state index < -0.39 is 6.10 Å². The van der Waals surface area contributed by atoms with E-state index in [1.807, 2.05) is 42.5 Å². The second-order valence-electron chi connectivity index (χ2n) is 4.29. The number of nitrogens with one attached hydrogen (secondary N) is 1. The number of aliphatic hydroxyl groups is 1. The van der Waals surface area contributed by atoms with Gasteiger partial charge in [0, 0.05) is 17.3 Å². The van der Waals surface area contributed by atoms with Crippen LogP contribution in [0.1, 0.15) is 24.3 Å². The van der Waals surface area contributed by atoms with Crippen LogP contribution in [0.5, 0.6) is 5.88 Å². The van der Waals surface area contributed by atoms with E-state index in [2.05, 4.69) is 10.3 Å². The molecule has 0 aliphatic rings. The topological polar surface area (TPSA) is 54.4 Å². The van der Waals surface area contributed by atoms with Crippen LogP contribution in [-0.2, 0) is 6.54 Å². The molecule has 0 aliphatic carbocycles. The van der Waals surface area contributed by atoms with Crippen molar-refractivity contribution in [3.05, 3.63) is 53.7 Å². The highest BCUT2D eigenvalue weighted by Gasteiger charge is 2.06. The van der Waals surface area contributed by atoms with Gasteiger partial charge in [-0.2, -0.15) is 0 Å². The number of aromatic nitrogens is 1. The smallest absolute Gasteiger partial charge is 0.213 e. The quantitative estimate of drug-likeness (QED) is 0.866. The van der Waals surface area contributed by atoms with Crippen LogP contribution in [0.25, 0.3) is 0 Å². The van der Waals surface area contributed by atoms with E-state index in [-0.39, 0.29) is 0 Å². The molecule has 4 heteroatoms. The molecule has 1 heterocycles. The van der Waals surface area contributed by atoms with E-state index in [4.69, 9.17) is 4.74 Å². The number of benzene rings is 1.